The summed E-state index contributed by atoms with van der Waals surface area (Å²) in [5.74, 6) is 0.812. The largest absolute Gasteiger partial charge is 0.486 e. The monoisotopic (exact) mass is 272 g/mol. The Bertz CT molecular complexity index is 692. The summed E-state index contributed by atoms with van der Waals surface area (Å²) >= 11 is 1.48. The number of nitrogens with one attached hydrogen (secondary N) is 1. The minimum Gasteiger partial charge on any atom is -0.486 e. The molecule has 0 unspecified atom stereocenters. The van der Waals surface area contributed by atoms with Gasteiger partial charge >= 0.3 is 0 Å². The summed E-state index contributed by atoms with van der Waals surface area (Å²) in [5.41, 5.74) is 0.924. The van der Waals surface area contributed by atoms with E-state index < -0.39 is 0 Å². The molecule has 2 aromatic heterocycles. The van der Waals surface area contributed by atoms with Crippen LogP contribution in [-0.2, 0) is 6.61 Å². The first kappa shape index (κ1) is 11.9. The van der Waals surface area contributed by atoms with Crippen LogP contribution in [0.4, 0.5) is 5.13 Å². The van der Waals surface area contributed by atoms with Crippen molar-refractivity contribution >= 4 is 27.4 Å². The number of nitrogens with zero attached hydrogens (tertiary/aromatic N) is 3. The average Bonchev–Trinajstić information content (AvgIpc) is 2.93. The van der Waals surface area contributed by atoms with E-state index >= 15 is 0 Å². The standard InChI is InChI=1S/C13H12N4OS/c1-14-13-17-16-12(19-13)8-18-11-6-2-5-10-9(11)4-3-7-15-10/h2-7H,8H2,1H3,(H,14,17). The second kappa shape index (κ2) is 5.19. The van der Waals surface area contributed by atoms with Crippen LogP contribution in [0, 0.1) is 0 Å². The van der Waals surface area contributed by atoms with E-state index in [0.29, 0.717) is 6.61 Å². The first-order valence-corrected chi connectivity index (χ1v) is 6.65. The van der Waals surface area contributed by atoms with Gasteiger partial charge in [-0.1, -0.05) is 17.4 Å². The molecule has 6 heteroatoms. The van der Waals surface area contributed by atoms with Crippen molar-refractivity contribution < 1.29 is 4.74 Å². The summed E-state index contributed by atoms with van der Waals surface area (Å²) in [4.78, 5) is 4.30. The molecule has 2 heterocycles. The Morgan fingerprint density at radius 3 is 3.00 bits per heavy atom. The normalized spacial score (nSPS) is 10.6. The maximum Gasteiger partial charge on any atom is 0.205 e. The lowest BCUT2D eigenvalue weighted by atomic mass is 10.2. The molecule has 19 heavy (non-hydrogen) atoms. The SMILES string of the molecule is CNc1nnc(COc2cccc3ncccc23)s1. The summed E-state index contributed by atoms with van der Waals surface area (Å²) in [6.45, 7) is 0.410. The lowest BCUT2D eigenvalue weighted by Gasteiger charge is -2.06. The molecule has 0 amide bonds. The Balaban J connectivity index is 1.81. The molecule has 0 aliphatic carbocycles. The van der Waals surface area contributed by atoms with Crippen LogP contribution in [-0.4, -0.2) is 22.2 Å². The molecule has 3 aromatic rings. The van der Waals surface area contributed by atoms with E-state index in [1.54, 1.807) is 6.20 Å². The second-order valence-electron chi connectivity index (χ2n) is 3.87. The average molecular weight is 272 g/mol. The maximum absolute atomic E-state index is 5.80. The Kier molecular flexibility index (Phi) is 3.24. The topological polar surface area (TPSA) is 59.9 Å². The number of ether oxygens (including phenoxy) is 1. The van der Waals surface area contributed by atoms with E-state index in [2.05, 4.69) is 20.5 Å². The number of anilines is 1. The lowest BCUT2D eigenvalue weighted by Crippen LogP contribution is -1.95. The van der Waals surface area contributed by atoms with Gasteiger partial charge in [0.1, 0.15) is 12.4 Å². The van der Waals surface area contributed by atoms with Crippen molar-refractivity contribution in [1.82, 2.24) is 15.2 Å². The van der Waals surface area contributed by atoms with Gasteiger partial charge in [-0.3, -0.25) is 4.98 Å². The van der Waals surface area contributed by atoms with E-state index in [9.17, 15) is 0 Å². The molecule has 0 atom stereocenters. The lowest BCUT2D eigenvalue weighted by molar-refractivity contribution is 0.308. The van der Waals surface area contributed by atoms with Gasteiger partial charge in [0.2, 0.25) is 5.13 Å². The second-order valence-corrected chi connectivity index (χ2v) is 4.93. The zero-order chi connectivity index (χ0) is 13.1. The highest BCUT2D eigenvalue weighted by Gasteiger charge is 2.06. The summed E-state index contributed by atoms with van der Waals surface area (Å²) in [7, 11) is 1.82. The molecular formula is C13H12N4OS. The number of pyridine rings is 1. The van der Waals surface area contributed by atoms with Crippen LogP contribution in [0.2, 0.25) is 0 Å². The van der Waals surface area contributed by atoms with Crippen molar-refractivity contribution in [2.45, 2.75) is 6.61 Å². The van der Waals surface area contributed by atoms with Crippen molar-refractivity contribution in [3.63, 3.8) is 0 Å². The maximum atomic E-state index is 5.80. The molecule has 3 rings (SSSR count). The smallest absolute Gasteiger partial charge is 0.205 e. The molecule has 0 saturated carbocycles. The minimum absolute atomic E-state index is 0.410. The fourth-order valence-electron chi connectivity index (χ4n) is 1.75. The Hall–Kier alpha value is -2.21. The highest BCUT2D eigenvalue weighted by Crippen LogP contribution is 2.25. The third-order valence-corrected chi connectivity index (χ3v) is 3.55. The van der Waals surface area contributed by atoms with Crippen molar-refractivity contribution in [2.75, 3.05) is 12.4 Å². The van der Waals surface area contributed by atoms with Gasteiger partial charge in [0.05, 0.1) is 5.52 Å². The number of aromatic nitrogens is 3. The first-order chi connectivity index (χ1) is 9.36. The summed E-state index contributed by atoms with van der Waals surface area (Å²) in [5, 5.41) is 13.6. The van der Waals surface area contributed by atoms with Crippen LogP contribution < -0.4 is 10.1 Å². The molecule has 0 aliphatic heterocycles. The Morgan fingerprint density at radius 1 is 1.21 bits per heavy atom. The molecule has 1 N–H and O–H groups in total. The van der Waals surface area contributed by atoms with E-state index in [0.717, 1.165) is 26.8 Å². The first-order valence-electron chi connectivity index (χ1n) is 5.83. The Morgan fingerprint density at radius 2 is 2.16 bits per heavy atom. The number of benzene rings is 1. The van der Waals surface area contributed by atoms with Gasteiger partial charge in [-0.15, -0.1) is 10.2 Å². The number of hydrogen-bond donors (Lipinski definition) is 1. The predicted molar refractivity (Wildman–Crippen MR) is 75.5 cm³/mol. The zero-order valence-electron chi connectivity index (χ0n) is 10.3. The molecule has 96 valence electrons. The van der Waals surface area contributed by atoms with Crippen LogP contribution in [0.25, 0.3) is 10.9 Å². The summed E-state index contributed by atoms with van der Waals surface area (Å²) in [6.07, 6.45) is 1.77. The van der Waals surface area contributed by atoms with Gasteiger partial charge in [-0.05, 0) is 24.3 Å². The third-order valence-electron chi connectivity index (χ3n) is 2.64. The third kappa shape index (κ3) is 2.48. The molecule has 0 spiro atoms. The molecular weight excluding hydrogens is 260 g/mol. The molecule has 1 aromatic carbocycles. The van der Waals surface area contributed by atoms with Gasteiger partial charge < -0.3 is 10.1 Å². The van der Waals surface area contributed by atoms with Gasteiger partial charge in [0, 0.05) is 18.6 Å². The number of fused-ring (bicyclic) bond motifs is 1. The van der Waals surface area contributed by atoms with Crippen molar-refractivity contribution in [3.8, 4) is 5.75 Å². The fourth-order valence-corrected chi connectivity index (χ4v) is 2.36. The van der Waals surface area contributed by atoms with Crippen LogP contribution in [0.1, 0.15) is 5.01 Å². The summed E-state index contributed by atoms with van der Waals surface area (Å²) < 4.78 is 5.80. The van der Waals surface area contributed by atoms with Crippen molar-refractivity contribution in [3.05, 3.63) is 41.5 Å². The summed E-state index contributed by atoms with van der Waals surface area (Å²) in [6, 6.07) is 9.73. The highest BCUT2D eigenvalue weighted by atomic mass is 32.1. The van der Waals surface area contributed by atoms with Crippen LogP contribution in [0.15, 0.2) is 36.5 Å². The van der Waals surface area contributed by atoms with Crippen LogP contribution in [0.5, 0.6) is 5.75 Å². The predicted octanol–water partition coefficient (Wildman–Crippen LogP) is 2.71. The number of rotatable bonds is 4. The van der Waals surface area contributed by atoms with E-state index in [-0.39, 0.29) is 0 Å². The van der Waals surface area contributed by atoms with E-state index in [1.807, 2.05) is 37.4 Å². The quantitative estimate of drug-likeness (QED) is 0.791. The molecule has 0 aliphatic rings. The molecule has 0 bridgehead atoms. The van der Waals surface area contributed by atoms with Crippen molar-refractivity contribution in [2.24, 2.45) is 0 Å². The minimum atomic E-state index is 0.410. The number of hydrogen-bond acceptors (Lipinski definition) is 6. The van der Waals surface area contributed by atoms with E-state index in [1.165, 1.54) is 11.3 Å². The van der Waals surface area contributed by atoms with Gasteiger partial charge in [-0.25, -0.2) is 0 Å². The highest BCUT2D eigenvalue weighted by molar-refractivity contribution is 7.15. The molecule has 5 nitrogen and oxygen atoms in total. The van der Waals surface area contributed by atoms with E-state index in [4.69, 9.17) is 4.74 Å². The van der Waals surface area contributed by atoms with Crippen molar-refractivity contribution in [1.29, 1.82) is 0 Å². The van der Waals surface area contributed by atoms with Crippen LogP contribution in [0.3, 0.4) is 0 Å². The van der Waals surface area contributed by atoms with Crippen LogP contribution >= 0.6 is 11.3 Å². The molecule has 0 radical (unpaired) electrons. The molecule has 0 fully saturated rings. The van der Waals surface area contributed by atoms with Gasteiger partial charge in [0.15, 0.2) is 5.01 Å². The Labute approximate surface area is 114 Å². The fraction of sp³-hybridized carbons (Fsp3) is 0.154. The molecule has 0 saturated heterocycles. The van der Waals surface area contributed by atoms with Gasteiger partial charge in [0.25, 0.3) is 0 Å². The zero-order valence-corrected chi connectivity index (χ0v) is 11.1. The van der Waals surface area contributed by atoms with Gasteiger partial charge in [-0.2, -0.15) is 0 Å².